The van der Waals surface area contributed by atoms with Gasteiger partial charge in [0, 0.05) is 4.47 Å². The van der Waals surface area contributed by atoms with Gasteiger partial charge >= 0.3 is 0 Å². The molecule has 1 aromatic carbocycles. The van der Waals surface area contributed by atoms with Crippen LogP contribution in [-0.4, -0.2) is 13.6 Å². The predicted octanol–water partition coefficient (Wildman–Crippen LogP) is 3.39. The third-order valence-corrected chi connectivity index (χ3v) is 3.25. The summed E-state index contributed by atoms with van der Waals surface area (Å²) in [5, 5.41) is 3.19. The van der Waals surface area contributed by atoms with Crippen LogP contribution in [0, 0.1) is 5.82 Å². The van der Waals surface area contributed by atoms with Crippen molar-refractivity contribution in [1.82, 2.24) is 5.32 Å². The molecule has 1 N–H and O–H groups in total. The Morgan fingerprint density at radius 1 is 1.50 bits per heavy atom. The van der Waals surface area contributed by atoms with Crippen LogP contribution >= 0.6 is 27.5 Å². The summed E-state index contributed by atoms with van der Waals surface area (Å²) in [6.45, 7) is 0.882. The fourth-order valence-electron chi connectivity index (χ4n) is 1.21. The minimum absolute atomic E-state index is 0.173. The molecule has 0 unspecified atom stereocenters. The maximum absolute atomic E-state index is 13.5. The first-order valence-corrected chi connectivity index (χ1v) is 5.61. The zero-order chi connectivity index (χ0) is 10.6. The molecule has 1 rings (SSSR count). The largest absolute Gasteiger partial charge is 0.320 e. The highest BCUT2D eigenvalue weighted by Gasteiger charge is 2.09. The molecule has 1 nitrogen and oxygen atoms in total. The van der Waals surface area contributed by atoms with Gasteiger partial charge in [0.05, 0.1) is 5.02 Å². The summed E-state index contributed by atoms with van der Waals surface area (Å²) in [5.41, 5.74) is 0.674. The van der Waals surface area contributed by atoms with Crippen molar-refractivity contribution < 1.29 is 4.39 Å². The smallest absolute Gasteiger partial charge is 0.146 e. The lowest BCUT2D eigenvalue weighted by Crippen LogP contribution is -2.08. The summed E-state index contributed by atoms with van der Waals surface area (Å²) < 4.78 is 14.1. The zero-order valence-corrected chi connectivity index (χ0v) is 10.3. The fraction of sp³-hybridized carbons (Fsp3) is 0.400. The van der Waals surface area contributed by atoms with Crippen LogP contribution in [0.1, 0.15) is 12.0 Å². The molecule has 0 amide bonds. The lowest BCUT2D eigenvalue weighted by atomic mass is 10.1. The van der Waals surface area contributed by atoms with Gasteiger partial charge in [-0.15, -0.1) is 0 Å². The van der Waals surface area contributed by atoms with Crippen LogP contribution in [-0.2, 0) is 6.42 Å². The second kappa shape index (κ2) is 5.69. The maximum Gasteiger partial charge on any atom is 0.146 e. The van der Waals surface area contributed by atoms with Crippen molar-refractivity contribution >= 4 is 27.5 Å². The van der Waals surface area contributed by atoms with Crippen molar-refractivity contribution in [3.63, 3.8) is 0 Å². The number of halogens is 3. The molecule has 78 valence electrons. The van der Waals surface area contributed by atoms with Crippen LogP contribution in [0.5, 0.6) is 0 Å². The summed E-state index contributed by atoms with van der Waals surface area (Å²) >= 11 is 8.94. The first kappa shape index (κ1) is 12.0. The molecule has 0 heterocycles. The number of hydrogen-bond acceptors (Lipinski definition) is 1. The van der Waals surface area contributed by atoms with E-state index in [1.54, 1.807) is 12.1 Å². The van der Waals surface area contributed by atoms with Gasteiger partial charge in [0.25, 0.3) is 0 Å². The fourth-order valence-corrected chi connectivity index (χ4v) is 1.71. The summed E-state index contributed by atoms with van der Waals surface area (Å²) in [7, 11) is 1.88. The number of benzene rings is 1. The first-order chi connectivity index (χ1) is 6.66. The van der Waals surface area contributed by atoms with E-state index in [0.29, 0.717) is 16.5 Å². The predicted molar refractivity (Wildman–Crippen MR) is 61.4 cm³/mol. The van der Waals surface area contributed by atoms with Gasteiger partial charge in [-0.05, 0) is 54.0 Å². The molecule has 0 saturated heterocycles. The molecule has 4 heteroatoms. The van der Waals surface area contributed by atoms with Gasteiger partial charge in [-0.1, -0.05) is 17.7 Å². The van der Waals surface area contributed by atoms with Crippen LogP contribution in [0.4, 0.5) is 4.39 Å². The molecule has 0 aliphatic rings. The van der Waals surface area contributed by atoms with Crippen LogP contribution in [0.25, 0.3) is 0 Å². The summed E-state index contributed by atoms with van der Waals surface area (Å²) in [4.78, 5) is 0. The highest BCUT2D eigenvalue weighted by atomic mass is 79.9. The molecule has 0 fully saturated rings. The first-order valence-electron chi connectivity index (χ1n) is 4.43. The van der Waals surface area contributed by atoms with E-state index in [1.807, 2.05) is 7.05 Å². The van der Waals surface area contributed by atoms with E-state index in [-0.39, 0.29) is 10.8 Å². The Hall–Kier alpha value is -0.120. The maximum atomic E-state index is 13.5. The molecule has 0 aliphatic heterocycles. The van der Waals surface area contributed by atoms with Crippen LogP contribution in [0.2, 0.25) is 5.02 Å². The minimum Gasteiger partial charge on any atom is -0.320 e. The Labute approximate surface area is 96.8 Å². The minimum atomic E-state index is -0.308. The molecule has 0 aliphatic carbocycles. The lowest BCUT2D eigenvalue weighted by Gasteiger charge is -2.05. The van der Waals surface area contributed by atoms with Crippen molar-refractivity contribution in [3.8, 4) is 0 Å². The van der Waals surface area contributed by atoms with Gasteiger partial charge in [0.1, 0.15) is 5.82 Å². The van der Waals surface area contributed by atoms with Gasteiger partial charge in [0.15, 0.2) is 0 Å². The van der Waals surface area contributed by atoms with E-state index >= 15 is 0 Å². The monoisotopic (exact) mass is 279 g/mol. The number of hydrogen-bond donors (Lipinski definition) is 1. The average molecular weight is 281 g/mol. The van der Waals surface area contributed by atoms with E-state index in [9.17, 15) is 4.39 Å². The van der Waals surface area contributed by atoms with Crippen molar-refractivity contribution in [2.75, 3.05) is 13.6 Å². The van der Waals surface area contributed by atoms with Crippen LogP contribution < -0.4 is 5.32 Å². The molecule has 0 spiro atoms. The Bertz CT molecular complexity index is 317. The zero-order valence-electron chi connectivity index (χ0n) is 7.91. The van der Waals surface area contributed by atoms with Crippen molar-refractivity contribution in [2.24, 2.45) is 0 Å². The van der Waals surface area contributed by atoms with Gasteiger partial charge in [-0.2, -0.15) is 0 Å². The SMILES string of the molecule is CNCCCc1ccc(Br)c(Cl)c1F. The second-order valence-electron chi connectivity index (χ2n) is 3.04. The van der Waals surface area contributed by atoms with Gasteiger partial charge in [-0.3, -0.25) is 0 Å². The van der Waals surface area contributed by atoms with E-state index in [4.69, 9.17) is 11.6 Å². The lowest BCUT2D eigenvalue weighted by molar-refractivity contribution is 0.600. The van der Waals surface area contributed by atoms with Gasteiger partial charge in [-0.25, -0.2) is 4.39 Å². The summed E-state index contributed by atoms with van der Waals surface area (Å²) in [6, 6.07) is 3.54. The Kier molecular flexibility index (Phi) is 4.85. The number of rotatable bonds is 4. The van der Waals surface area contributed by atoms with Crippen molar-refractivity contribution in [2.45, 2.75) is 12.8 Å². The summed E-state index contributed by atoms with van der Waals surface area (Å²) in [6.07, 6.45) is 1.62. The Morgan fingerprint density at radius 2 is 2.21 bits per heavy atom. The standard InChI is InChI=1S/C10H12BrClFN/c1-14-6-2-3-7-4-5-8(11)9(12)10(7)13/h4-5,14H,2-3,6H2,1H3. The van der Waals surface area contributed by atoms with E-state index in [1.165, 1.54) is 0 Å². The van der Waals surface area contributed by atoms with E-state index in [0.717, 1.165) is 13.0 Å². The number of nitrogens with one attached hydrogen (secondary N) is 1. The van der Waals surface area contributed by atoms with E-state index in [2.05, 4.69) is 21.2 Å². The third kappa shape index (κ3) is 2.94. The molecule has 0 radical (unpaired) electrons. The molecule has 0 bridgehead atoms. The topological polar surface area (TPSA) is 12.0 Å². The molecule has 0 aromatic heterocycles. The highest BCUT2D eigenvalue weighted by Crippen LogP contribution is 2.27. The van der Waals surface area contributed by atoms with Crippen molar-refractivity contribution in [3.05, 3.63) is 33.0 Å². The molecular weight excluding hydrogens is 268 g/mol. The van der Waals surface area contributed by atoms with Crippen LogP contribution in [0.3, 0.4) is 0 Å². The van der Waals surface area contributed by atoms with Gasteiger partial charge in [0.2, 0.25) is 0 Å². The molecule has 0 saturated carbocycles. The molecule has 14 heavy (non-hydrogen) atoms. The third-order valence-electron chi connectivity index (χ3n) is 1.99. The van der Waals surface area contributed by atoms with Crippen molar-refractivity contribution in [1.29, 1.82) is 0 Å². The normalized spacial score (nSPS) is 10.6. The summed E-state index contributed by atoms with van der Waals surface area (Å²) in [5.74, 6) is -0.308. The Balaban J connectivity index is 2.73. The van der Waals surface area contributed by atoms with Gasteiger partial charge < -0.3 is 5.32 Å². The van der Waals surface area contributed by atoms with E-state index < -0.39 is 0 Å². The average Bonchev–Trinajstić information content (AvgIpc) is 2.18. The molecular formula is C10H12BrClFN. The Morgan fingerprint density at radius 3 is 2.86 bits per heavy atom. The molecule has 1 aromatic rings. The second-order valence-corrected chi connectivity index (χ2v) is 4.27. The quantitative estimate of drug-likeness (QED) is 0.658. The highest BCUT2D eigenvalue weighted by molar-refractivity contribution is 9.10. The van der Waals surface area contributed by atoms with Crippen LogP contribution in [0.15, 0.2) is 16.6 Å². The number of aryl methyl sites for hydroxylation is 1. The molecule has 0 atom stereocenters.